The lowest BCUT2D eigenvalue weighted by Crippen LogP contribution is -2.32. The van der Waals surface area contributed by atoms with Gasteiger partial charge in [-0.15, -0.1) is 0 Å². The largest absolute Gasteiger partial charge is 0.373 e. The van der Waals surface area contributed by atoms with Crippen LogP contribution in [-0.2, 0) is 4.79 Å². The lowest BCUT2D eigenvalue weighted by Gasteiger charge is -2.29. The number of carbonyl (C=O) groups excluding carboxylic acids is 1. The van der Waals surface area contributed by atoms with Crippen molar-refractivity contribution >= 4 is 17.4 Å². The van der Waals surface area contributed by atoms with E-state index in [0.29, 0.717) is 31.0 Å². The second-order valence-electron chi connectivity index (χ2n) is 8.46. The van der Waals surface area contributed by atoms with Crippen LogP contribution in [0.15, 0.2) is 18.2 Å². The Balaban J connectivity index is 1.61. The summed E-state index contributed by atoms with van der Waals surface area (Å²) in [5, 5.41) is 11.1. The van der Waals surface area contributed by atoms with E-state index in [2.05, 4.69) is 20.7 Å². The first-order chi connectivity index (χ1) is 14.2. The normalized spacial score (nSPS) is 21.8. The highest BCUT2D eigenvalue weighted by Gasteiger charge is 2.35. The van der Waals surface area contributed by atoms with Crippen molar-refractivity contribution < 1.29 is 13.6 Å². The standard InChI is InChI=1S/C21H28F2N6O/c1-13-10-14(2)29(27-13)19-12-16(24-17-6-9-28(3)20(17)30)11-18(26-19)25-15-4-7-21(22,23)8-5-15/h10-12,15,17H,4-9H2,1-3H3,(H2,24,25,26)/t17-/m1/s1. The summed E-state index contributed by atoms with van der Waals surface area (Å²) >= 11 is 0. The van der Waals surface area contributed by atoms with Crippen LogP contribution in [0.1, 0.15) is 43.5 Å². The monoisotopic (exact) mass is 418 g/mol. The molecule has 1 atom stereocenters. The predicted octanol–water partition coefficient (Wildman–Crippen LogP) is 3.52. The number of anilines is 2. The Morgan fingerprint density at radius 1 is 1.10 bits per heavy atom. The fourth-order valence-corrected chi connectivity index (χ4v) is 4.19. The van der Waals surface area contributed by atoms with Gasteiger partial charge in [0.1, 0.15) is 11.9 Å². The molecule has 2 aromatic rings. The van der Waals surface area contributed by atoms with Crippen LogP contribution in [0.25, 0.3) is 5.82 Å². The van der Waals surface area contributed by atoms with Crippen molar-refractivity contribution in [3.63, 3.8) is 0 Å². The molecule has 2 aromatic heterocycles. The maximum atomic E-state index is 13.5. The number of carbonyl (C=O) groups is 1. The SMILES string of the molecule is Cc1cc(C)n(-c2cc(N[C@@H]3CCN(C)C3=O)cc(NC3CCC(F)(F)CC3)n2)n1. The molecule has 0 radical (unpaired) electrons. The van der Waals surface area contributed by atoms with Crippen molar-refractivity contribution in [2.45, 2.75) is 64.0 Å². The van der Waals surface area contributed by atoms with E-state index in [1.54, 1.807) is 16.6 Å². The predicted molar refractivity (Wildman–Crippen MR) is 111 cm³/mol. The Hall–Kier alpha value is -2.71. The molecule has 7 nitrogen and oxygen atoms in total. The highest BCUT2D eigenvalue weighted by molar-refractivity contribution is 5.86. The summed E-state index contributed by atoms with van der Waals surface area (Å²) in [6.45, 7) is 4.58. The van der Waals surface area contributed by atoms with Gasteiger partial charge in [0.2, 0.25) is 11.8 Å². The lowest BCUT2D eigenvalue weighted by molar-refractivity contribution is -0.127. The van der Waals surface area contributed by atoms with Crippen molar-refractivity contribution in [1.82, 2.24) is 19.7 Å². The first-order valence-electron chi connectivity index (χ1n) is 10.4. The molecular weight excluding hydrogens is 390 g/mol. The van der Waals surface area contributed by atoms with Gasteiger partial charge in [0.05, 0.1) is 5.69 Å². The molecule has 2 fully saturated rings. The van der Waals surface area contributed by atoms with Gasteiger partial charge in [-0.3, -0.25) is 4.79 Å². The minimum Gasteiger partial charge on any atom is -0.373 e. The number of nitrogens with one attached hydrogen (secondary N) is 2. The molecule has 1 saturated heterocycles. The number of halogens is 2. The molecule has 0 bridgehead atoms. The first-order valence-corrected chi connectivity index (χ1v) is 10.4. The molecule has 9 heteroatoms. The topological polar surface area (TPSA) is 75.1 Å². The zero-order valence-corrected chi connectivity index (χ0v) is 17.6. The number of hydrogen-bond acceptors (Lipinski definition) is 5. The summed E-state index contributed by atoms with van der Waals surface area (Å²) in [6, 6.07) is 5.33. The van der Waals surface area contributed by atoms with E-state index in [1.165, 1.54) is 0 Å². The van der Waals surface area contributed by atoms with Gasteiger partial charge in [0, 0.05) is 56.0 Å². The van der Waals surface area contributed by atoms with Crippen LogP contribution in [0.2, 0.25) is 0 Å². The summed E-state index contributed by atoms with van der Waals surface area (Å²) in [5.74, 6) is -1.30. The molecule has 0 aromatic carbocycles. The van der Waals surface area contributed by atoms with Crippen LogP contribution in [0.4, 0.5) is 20.3 Å². The van der Waals surface area contributed by atoms with Gasteiger partial charge in [-0.1, -0.05) is 0 Å². The number of aromatic nitrogens is 3. The molecule has 1 aliphatic carbocycles. The van der Waals surface area contributed by atoms with Crippen molar-refractivity contribution in [3.8, 4) is 5.82 Å². The van der Waals surface area contributed by atoms with E-state index in [-0.39, 0.29) is 30.8 Å². The smallest absolute Gasteiger partial charge is 0.248 e. The van der Waals surface area contributed by atoms with E-state index in [0.717, 1.165) is 23.5 Å². The number of hydrogen-bond donors (Lipinski definition) is 2. The molecule has 0 unspecified atom stereocenters. The van der Waals surface area contributed by atoms with Crippen molar-refractivity contribution in [3.05, 3.63) is 29.6 Å². The van der Waals surface area contributed by atoms with E-state index >= 15 is 0 Å². The highest BCUT2D eigenvalue weighted by atomic mass is 19.3. The number of likely N-dealkylation sites (tertiary alicyclic amines) is 1. The van der Waals surface area contributed by atoms with E-state index in [4.69, 9.17) is 0 Å². The second-order valence-corrected chi connectivity index (χ2v) is 8.46. The minimum atomic E-state index is -2.57. The molecule has 3 heterocycles. The Labute approximate surface area is 174 Å². The van der Waals surface area contributed by atoms with Crippen LogP contribution in [0.3, 0.4) is 0 Å². The zero-order chi connectivity index (χ0) is 21.5. The summed E-state index contributed by atoms with van der Waals surface area (Å²) in [4.78, 5) is 18.7. The number of rotatable bonds is 5. The zero-order valence-electron chi connectivity index (χ0n) is 17.6. The van der Waals surface area contributed by atoms with Gasteiger partial charge >= 0.3 is 0 Å². The van der Waals surface area contributed by atoms with Gasteiger partial charge in [-0.05, 0) is 39.2 Å². The molecule has 2 N–H and O–H groups in total. The number of nitrogens with zero attached hydrogens (tertiary/aromatic N) is 4. The third-order valence-corrected chi connectivity index (χ3v) is 5.88. The van der Waals surface area contributed by atoms with Crippen LogP contribution in [0, 0.1) is 13.8 Å². The Morgan fingerprint density at radius 2 is 1.83 bits per heavy atom. The minimum absolute atomic E-state index is 0.0556. The summed E-state index contributed by atoms with van der Waals surface area (Å²) in [6.07, 6.45) is 1.29. The molecule has 1 amide bonds. The third-order valence-electron chi connectivity index (χ3n) is 5.88. The summed E-state index contributed by atoms with van der Waals surface area (Å²) in [5.41, 5.74) is 2.58. The van der Waals surface area contributed by atoms with Gasteiger partial charge in [0.25, 0.3) is 0 Å². The molecule has 162 valence electrons. The van der Waals surface area contributed by atoms with Gasteiger partial charge in [-0.2, -0.15) is 5.10 Å². The average molecular weight is 418 g/mol. The Bertz CT molecular complexity index is 934. The quantitative estimate of drug-likeness (QED) is 0.777. The van der Waals surface area contributed by atoms with Crippen LogP contribution in [0.5, 0.6) is 0 Å². The van der Waals surface area contributed by atoms with Crippen LogP contribution < -0.4 is 10.6 Å². The third kappa shape index (κ3) is 4.39. The average Bonchev–Trinajstić information content (AvgIpc) is 3.19. The summed E-state index contributed by atoms with van der Waals surface area (Å²) in [7, 11) is 1.80. The number of amides is 1. The number of likely N-dealkylation sites (N-methyl/N-ethyl adjacent to an activating group) is 1. The summed E-state index contributed by atoms with van der Waals surface area (Å²) < 4.78 is 28.8. The fourth-order valence-electron chi connectivity index (χ4n) is 4.19. The Morgan fingerprint density at radius 3 is 2.43 bits per heavy atom. The molecular formula is C21H28F2N6O. The van der Waals surface area contributed by atoms with Crippen molar-refractivity contribution in [2.24, 2.45) is 0 Å². The molecule has 4 rings (SSSR count). The molecule has 1 saturated carbocycles. The van der Waals surface area contributed by atoms with E-state index in [1.807, 2.05) is 32.0 Å². The van der Waals surface area contributed by atoms with Crippen LogP contribution in [-0.4, -0.2) is 57.2 Å². The highest BCUT2D eigenvalue weighted by Crippen LogP contribution is 2.34. The molecule has 0 spiro atoms. The van der Waals surface area contributed by atoms with E-state index < -0.39 is 5.92 Å². The first kappa shape index (κ1) is 20.6. The maximum absolute atomic E-state index is 13.5. The number of pyridine rings is 1. The number of alkyl halides is 2. The van der Waals surface area contributed by atoms with E-state index in [9.17, 15) is 13.6 Å². The maximum Gasteiger partial charge on any atom is 0.248 e. The van der Waals surface area contributed by atoms with Gasteiger partial charge in [0.15, 0.2) is 5.82 Å². The molecule has 30 heavy (non-hydrogen) atoms. The van der Waals surface area contributed by atoms with Crippen LogP contribution >= 0.6 is 0 Å². The molecule has 2 aliphatic rings. The molecule has 1 aliphatic heterocycles. The van der Waals surface area contributed by atoms with Gasteiger partial charge in [-0.25, -0.2) is 18.4 Å². The van der Waals surface area contributed by atoms with Gasteiger partial charge < -0.3 is 15.5 Å². The fraction of sp³-hybridized carbons (Fsp3) is 0.571. The van der Waals surface area contributed by atoms with Crippen molar-refractivity contribution in [1.29, 1.82) is 0 Å². The Kier molecular flexibility index (Phi) is 5.38. The lowest BCUT2D eigenvalue weighted by atomic mass is 9.92. The van der Waals surface area contributed by atoms with Crippen molar-refractivity contribution in [2.75, 3.05) is 24.2 Å². The second kappa shape index (κ2) is 7.85. The number of aryl methyl sites for hydroxylation is 2.